The van der Waals surface area contributed by atoms with Crippen LogP contribution in [0, 0.1) is 0 Å². The Labute approximate surface area is 68.2 Å². The molecule has 0 aliphatic heterocycles. The normalized spacial score (nSPS) is 11.2. The van der Waals surface area contributed by atoms with Crippen molar-refractivity contribution in [3.05, 3.63) is 24.2 Å². The minimum atomic E-state index is -1.44. The van der Waals surface area contributed by atoms with Crippen LogP contribution in [0.1, 0.15) is 5.76 Å². The van der Waals surface area contributed by atoms with Gasteiger partial charge in [-0.1, -0.05) is 5.16 Å². The molecule has 0 atom stereocenters. The lowest BCUT2D eigenvalue weighted by atomic mass is 10.3. The summed E-state index contributed by atoms with van der Waals surface area (Å²) in [7, 11) is 1.24. The van der Waals surface area contributed by atoms with Crippen LogP contribution < -0.4 is 5.11 Å². The van der Waals surface area contributed by atoms with E-state index in [0.717, 1.165) is 0 Å². The lowest BCUT2D eigenvalue weighted by molar-refractivity contribution is -0.294. The second-order valence-electron chi connectivity index (χ2n) is 1.89. The van der Waals surface area contributed by atoms with Gasteiger partial charge in [0.05, 0.1) is 12.2 Å². The van der Waals surface area contributed by atoms with Gasteiger partial charge in [0.1, 0.15) is 7.11 Å². The molecule has 0 fully saturated rings. The van der Waals surface area contributed by atoms with Crippen molar-refractivity contribution in [1.82, 2.24) is 0 Å². The maximum absolute atomic E-state index is 10.4. The number of carbonyl (C=O) groups is 1. The predicted octanol–water partition coefficient (Wildman–Crippen LogP) is -0.620. The van der Waals surface area contributed by atoms with E-state index in [-0.39, 0.29) is 11.5 Å². The predicted molar refractivity (Wildman–Crippen MR) is 37.3 cm³/mol. The zero-order valence-corrected chi connectivity index (χ0v) is 6.31. The van der Waals surface area contributed by atoms with Gasteiger partial charge in [-0.2, -0.15) is 0 Å². The highest BCUT2D eigenvalue weighted by Gasteiger charge is 2.07. The first-order valence-corrected chi connectivity index (χ1v) is 3.12. The van der Waals surface area contributed by atoms with Gasteiger partial charge in [-0.15, -0.1) is 0 Å². The van der Waals surface area contributed by atoms with Crippen molar-refractivity contribution in [2.75, 3.05) is 7.11 Å². The molecule has 1 rings (SSSR count). The summed E-state index contributed by atoms with van der Waals surface area (Å²) in [5.41, 5.74) is -0.359. The number of nitrogens with zero attached hydrogens (tertiary/aromatic N) is 1. The van der Waals surface area contributed by atoms with Crippen LogP contribution in [0.4, 0.5) is 0 Å². The van der Waals surface area contributed by atoms with E-state index >= 15 is 0 Å². The van der Waals surface area contributed by atoms with Crippen molar-refractivity contribution in [3.8, 4) is 0 Å². The summed E-state index contributed by atoms with van der Waals surface area (Å²) in [6.07, 6.45) is 1.34. The van der Waals surface area contributed by atoms with Gasteiger partial charge >= 0.3 is 0 Å². The third-order valence-corrected chi connectivity index (χ3v) is 1.13. The fourth-order valence-corrected chi connectivity index (χ4v) is 0.687. The van der Waals surface area contributed by atoms with E-state index in [9.17, 15) is 9.90 Å². The molecular weight excluding hydrogens is 162 g/mol. The standard InChI is InChI=1S/C7H7NO4/c1-11-8-6(7(9)10)5-3-2-4-12-5/h2-4H,1H3,(H,9,10)/p-1/b8-6-. The molecule has 0 bridgehead atoms. The average Bonchev–Trinajstić information content (AvgIpc) is 2.51. The van der Waals surface area contributed by atoms with Gasteiger partial charge in [0.2, 0.25) is 0 Å². The molecule has 0 saturated heterocycles. The van der Waals surface area contributed by atoms with Crippen molar-refractivity contribution in [2.24, 2.45) is 5.16 Å². The molecular formula is C7H6NO4-. The van der Waals surface area contributed by atoms with Gasteiger partial charge in [0.15, 0.2) is 11.5 Å². The molecule has 0 spiro atoms. The van der Waals surface area contributed by atoms with E-state index in [2.05, 4.69) is 9.99 Å². The van der Waals surface area contributed by atoms with Crippen LogP contribution in [-0.2, 0) is 9.63 Å². The first-order valence-electron chi connectivity index (χ1n) is 3.12. The molecule has 0 N–H and O–H groups in total. The Morgan fingerprint density at radius 1 is 1.75 bits per heavy atom. The van der Waals surface area contributed by atoms with E-state index in [1.54, 1.807) is 6.07 Å². The summed E-state index contributed by atoms with van der Waals surface area (Å²) < 4.78 is 4.78. The van der Waals surface area contributed by atoms with Crippen LogP contribution in [0.5, 0.6) is 0 Å². The van der Waals surface area contributed by atoms with Gasteiger partial charge in [0.25, 0.3) is 0 Å². The number of hydrogen-bond donors (Lipinski definition) is 0. The van der Waals surface area contributed by atoms with Gasteiger partial charge in [0, 0.05) is 0 Å². The molecule has 0 aromatic carbocycles. The molecule has 5 nitrogen and oxygen atoms in total. The first-order chi connectivity index (χ1) is 5.75. The third kappa shape index (κ3) is 1.63. The number of carboxylic acid groups (broad SMARTS) is 1. The Morgan fingerprint density at radius 2 is 2.50 bits per heavy atom. The van der Waals surface area contributed by atoms with Crippen molar-refractivity contribution < 1.29 is 19.2 Å². The highest BCUT2D eigenvalue weighted by molar-refractivity contribution is 6.40. The molecule has 0 amide bonds. The molecule has 1 aromatic heterocycles. The molecule has 0 radical (unpaired) electrons. The Kier molecular flexibility index (Phi) is 2.47. The Morgan fingerprint density at radius 3 is 2.92 bits per heavy atom. The number of carbonyl (C=O) groups excluding carboxylic acids is 1. The van der Waals surface area contributed by atoms with Crippen LogP contribution >= 0.6 is 0 Å². The van der Waals surface area contributed by atoms with E-state index in [1.165, 1.54) is 19.4 Å². The monoisotopic (exact) mass is 168 g/mol. The minimum absolute atomic E-state index is 0.108. The van der Waals surface area contributed by atoms with E-state index < -0.39 is 5.97 Å². The van der Waals surface area contributed by atoms with Gasteiger partial charge in [-0.05, 0) is 12.1 Å². The summed E-state index contributed by atoms with van der Waals surface area (Å²) >= 11 is 0. The molecule has 5 heteroatoms. The van der Waals surface area contributed by atoms with Gasteiger partial charge < -0.3 is 19.2 Å². The maximum atomic E-state index is 10.4. The SMILES string of the molecule is CO/N=C(\C(=O)[O-])c1ccco1. The number of rotatable bonds is 3. The van der Waals surface area contributed by atoms with E-state index in [0.29, 0.717) is 0 Å². The first kappa shape index (κ1) is 8.32. The van der Waals surface area contributed by atoms with Crippen LogP contribution in [-0.4, -0.2) is 18.8 Å². The smallest absolute Gasteiger partial charge is 0.167 e. The second-order valence-corrected chi connectivity index (χ2v) is 1.89. The highest BCUT2D eigenvalue weighted by atomic mass is 16.6. The lowest BCUT2D eigenvalue weighted by Gasteiger charge is -2.01. The zero-order valence-electron chi connectivity index (χ0n) is 6.31. The molecule has 0 aliphatic carbocycles. The summed E-state index contributed by atoms with van der Waals surface area (Å²) in [5, 5.41) is 13.6. The number of furan rings is 1. The van der Waals surface area contributed by atoms with Crippen LogP contribution in [0.25, 0.3) is 0 Å². The molecule has 1 aromatic rings. The van der Waals surface area contributed by atoms with E-state index in [4.69, 9.17) is 4.42 Å². The molecule has 0 unspecified atom stereocenters. The van der Waals surface area contributed by atoms with Crippen LogP contribution in [0.3, 0.4) is 0 Å². The molecule has 1 heterocycles. The van der Waals surface area contributed by atoms with Gasteiger partial charge in [-0.25, -0.2) is 0 Å². The Bertz CT molecular complexity index is 288. The Balaban J connectivity index is 2.96. The lowest BCUT2D eigenvalue weighted by Crippen LogP contribution is -2.32. The topological polar surface area (TPSA) is 74.9 Å². The van der Waals surface area contributed by atoms with Crippen molar-refractivity contribution >= 4 is 11.7 Å². The zero-order chi connectivity index (χ0) is 8.97. The summed E-state index contributed by atoms with van der Waals surface area (Å²) in [6, 6.07) is 3.00. The number of aliphatic carboxylic acids is 1. The average molecular weight is 168 g/mol. The molecule has 12 heavy (non-hydrogen) atoms. The van der Waals surface area contributed by atoms with Crippen LogP contribution in [0.15, 0.2) is 28.0 Å². The van der Waals surface area contributed by atoms with Crippen molar-refractivity contribution in [2.45, 2.75) is 0 Å². The molecule has 64 valence electrons. The number of oxime groups is 1. The summed E-state index contributed by atoms with van der Waals surface area (Å²) in [5.74, 6) is -1.33. The molecule has 0 aliphatic rings. The minimum Gasteiger partial charge on any atom is -0.543 e. The largest absolute Gasteiger partial charge is 0.543 e. The number of hydrogen-bond acceptors (Lipinski definition) is 5. The fourth-order valence-electron chi connectivity index (χ4n) is 0.687. The quantitative estimate of drug-likeness (QED) is 0.445. The van der Waals surface area contributed by atoms with Gasteiger partial charge in [-0.3, -0.25) is 0 Å². The van der Waals surface area contributed by atoms with E-state index in [1.807, 2.05) is 0 Å². The van der Waals surface area contributed by atoms with Crippen molar-refractivity contribution in [3.63, 3.8) is 0 Å². The highest BCUT2D eigenvalue weighted by Crippen LogP contribution is 2.01. The van der Waals surface area contributed by atoms with Crippen LogP contribution in [0.2, 0.25) is 0 Å². The summed E-state index contributed by atoms with van der Waals surface area (Å²) in [4.78, 5) is 14.7. The second kappa shape index (κ2) is 3.56. The van der Waals surface area contributed by atoms with Crippen molar-refractivity contribution in [1.29, 1.82) is 0 Å². The summed E-state index contributed by atoms with van der Waals surface area (Å²) in [6.45, 7) is 0. The third-order valence-electron chi connectivity index (χ3n) is 1.13. The fraction of sp³-hybridized carbons (Fsp3) is 0.143. The number of carboxylic acids is 1. The Hall–Kier alpha value is -1.78. The maximum Gasteiger partial charge on any atom is 0.167 e. The molecule has 0 saturated carbocycles.